The Bertz CT molecular complexity index is 680. The van der Waals surface area contributed by atoms with E-state index in [0.29, 0.717) is 0 Å². The van der Waals surface area contributed by atoms with E-state index in [2.05, 4.69) is 55.6 Å². The van der Waals surface area contributed by atoms with Crippen LogP contribution in [0, 0.1) is 5.41 Å². The van der Waals surface area contributed by atoms with Gasteiger partial charge in [-0.25, -0.2) is 0 Å². The van der Waals surface area contributed by atoms with Gasteiger partial charge in [-0.1, -0.05) is 79.7 Å². The van der Waals surface area contributed by atoms with Crippen molar-refractivity contribution < 1.29 is 0 Å². The van der Waals surface area contributed by atoms with Crippen molar-refractivity contribution in [2.24, 2.45) is 10.4 Å². The lowest BCUT2D eigenvalue weighted by Gasteiger charge is -2.30. The summed E-state index contributed by atoms with van der Waals surface area (Å²) in [6.45, 7) is 6.29. The fourth-order valence-electron chi connectivity index (χ4n) is 2.50. The minimum atomic E-state index is 0.209. The number of aliphatic imine (C=N–C) groups is 1. The number of hydrogen-bond acceptors (Lipinski definition) is 3. The zero-order chi connectivity index (χ0) is 16.3. The summed E-state index contributed by atoms with van der Waals surface area (Å²) in [7, 11) is 0. The average Bonchev–Trinajstić information content (AvgIpc) is 2.56. The normalized spacial score (nSPS) is 18.0. The van der Waals surface area contributed by atoms with Crippen molar-refractivity contribution in [2.45, 2.75) is 19.1 Å². The highest BCUT2D eigenvalue weighted by Gasteiger charge is 2.25. The average molecular weight is 345 g/mol. The molecule has 0 aliphatic carbocycles. The molecule has 2 aromatic carbocycles. The van der Waals surface area contributed by atoms with Crippen molar-refractivity contribution in [2.75, 3.05) is 13.1 Å². The molecule has 0 saturated heterocycles. The first-order valence-electron chi connectivity index (χ1n) is 7.79. The van der Waals surface area contributed by atoms with Crippen molar-refractivity contribution in [1.82, 2.24) is 5.32 Å². The van der Waals surface area contributed by atoms with Crippen LogP contribution in [-0.2, 0) is 0 Å². The third-order valence-electron chi connectivity index (χ3n) is 3.87. The summed E-state index contributed by atoms with van der Waals surface area (Å²) in [6, 6.07) is 18.6. The molecule has 1 N–H and O–H groups in total. The van der Waals surface area contributed by atoms with Gasteiger partial charge in [0, 0.05) is 23.5 Å². The third-order valence-corrected chi connectivity index (χ3v) is 5.40. The SMILES string of the molecule is CC1(C)CN=C(S[C@@H](c2ccccc2)c2ccc(Cl)cc2)NC1. The second-order valence-corrected chi connectivity index (χ2v) is 8.13. The van der Waals surface area contributed by atoms with Gasteiger partial charge in [0.1, 0.15) is 0 Å². The van der Waals surface area contributed by atoms with Crippen LogP contribution in [0.5, 0.6) is 0 Å². The van der Waals surface area contributed by atoms with Crippen molar-refractivity contribution in [3.05, 3.63) is 70.7 Å². The van der Waals surface area contributed by atoms with Crippen LogP contribution in [0.15, 0.2) is 59.6 Å². The monoisotopic (exact) mass is 344 g/mol. The molecule has 1 aliphatic heterocycles. The molecule has 2 aromatic rings. The highest BCUT2D eigenvalue weighted by Crippen LogP contribution is 2.37. The number of nitrogens with one attached hydrogen (secondary N) is 1. The molecule has 1 atom stereocenters. The molecule has 1 heterocycles. The second kappa shape index (κ2) is 6.98. The maximum absolute atomic E-state index is 6.04. The Morgan fingerprint density at radius 3 is 2.30 bits per heavy atom. The lowest BCUT2D eigenvalue weighted by molar-refractivity contribution is 0.364. The Kier molecular flexibility index (Phi) is 4.98. The highest BCUT2D eigenvalue weighted by molar-refractivity contribution is 8.14. The first-order chi connectivity index (χ1) is 11.0. The fourth-order valence-corrected chi connectivity index (χ4v) is 3.73. The van der Waals surface area contributed by atoms with Gasteiger partial charge in [0.15, 0.2) is 5.17 Å². The first kappa shape index (κ1) is 16.4. The lowest BCUT2D eigenvalue weighted by Crippen LogP contribution is -2.39. The van der Waals surface area contributed by atoms with Crippen molar-refractivity contribution in [3.8, 4) is 0 Å². The smallest absolute Gasteiger partial charge is 0.157 e. The van der Waals surface area contributed by atoms with Crippen molar-refractivity contribution >= 4 is 28.5 Å². The lowest BCUT2D eigenvalue weighted by atomic mass is 9.93. The molecule has 120 valence electrons. The molecule has 0 spiro atoms. The summed E-state index contributed by atoms with van der Waals surface area (Å²) < 4.78 is 0. The van der Waals surface area contributed by atoms with E-state index in [9.17, 15) is 0 Å². The van der Waals surface area contributed by atoms with Crippen LogP contribution < -0.4 is 5.32 Å². The molecular weight excluding hydrogens is 324 g/mol. The zero-order valence-electron chi connectivity index (χ0n) is 13.4. The number of nitrogens with zero attached hydrogens (tertiary/aromatic N) is 1. The van der Waals surface area contributed by atoms with Gasteiger partial charge in [0.05, 0.1) is 5.25 Å². The summed E-state index contributed by atoms with van der Waals surface area (Å²) in [5.41, 5.74) is 2.74. The van der Waals surface area contributed by atoms with Gasteiger partial charge in [0.2, 0.25) is 0 Å². The molecule has 0 bridgehead atoms. The molecule has 0 amide bonds. The number of benzene rings is 2. The van der Waals surface area contributed by atoms with Crippen LogP contribution in [0.1, 0.15) is 30.2 Å². The summed E-state index contributed by atoms with van der Waals surface area (Å²) in [5.74, 6) is 0. The Morgan fingerprint density at radius 2 is 1.70 bits per heavy atom. The molecule has 23 heavy (non-hydrogen) atoms. The largest absolute Gasteiger partial charge is 0.364 e. The Morgan fingerprint density at radius 1 is 1.04 bits per heavy atom. The molecule has 0 saturated carbocycles. The first-order valence-corrected chi connectivity index (χ1v) is 9.05. The molecule has 0 fully saturated rings. The summed E-state index contributed by atoms with van der Waals surface area (Å²) in [4.78, 5) is 4.73. The summed E-state index contributed by atoms with van der Waals surface area (Å²) in [6.07, 6.45) is 0. The maximum atomic E-state index is 6.04. The molecular formula is C19H21ClN2S. The van der Waals surface area contributed by atoms with Gasteiger partial charge in [-0.2, -0.15) is 0 Å². The van der Waals surface area contributed by atoms with E-state index in [0.717, 1.165) is 23.3 Å². The molecule has 1 aliphatic rings. The van der Waals surface area contributed by atoms with E-state index in [-0.39, 0.29) is 10.7 Å². The molecule has 2 nitrogen and oxygen atoms in total. The Labute approximate surface area is 147 Å². The topological polar surface area (TPSA) is 24.4 Å². The molecule has 0 aromatic heterocycles. The number of rotatable bonds is 3. The zero-order valence-corrected chi connectivity index (χ0v) is 15.0. The van der Waals surface area contributed by atoms with Crippen LogP contribution in [0.25, 0.3) is 0 Å². The van der Waals surface area contributed by atoms with E-state index in [1.165, 1.54) is 11.1 Å². The molecule has 0 radical (unpaired) electrons. The van der Waals surface area contributed by atoms with Crippen LogP contribution >= 0.6 is 23.4 Å². The van der Waals surface area contributed by atoms with Crippen LogP contribution in [-0.4, -0.2) is 18.3 Å². The number of thioether (sulfide) groups is 1. The summed E-state index contributed by atoms with van der Waals surface area (Å²) >= 11 is 7.82. The fraction of sp³-hybridized carbons (Fsp3) is 0.316. The number of amidine groups is 1. The second-order valence-electron chi connectivity index (χ2n) is 6.60. The van der Waals surface area contributed by atoms with E-state index < -0.39 is 0 Å². The molecule has 3 rings (SSSR count). The molecule has 0 unspecified atom stereocenters. The minimum absolute atomic E-state index is 0.209. The quantitative estimate of drug-likeness (QED) is 0.832. The summed E-state index contributed by atoms with van der Waals surface area (Å²) in [5, 5.41) is 5.47. The van der Waals surface area contributed by atoms with E-state index in [1.807, 2.05) is 18.2 Å². The predicted molar refractivity (Wildman–Crippen MR) is 101 cm³/mol. The predicted octanol–water partition coefficient (Wildman–Crippen LogP) is 5.15. The van der Waals surface area contributed by atoms with Gasteiger partial charge in [-0.3, -0.25) is 4.99 Å². The molecule has 4 heteroatoms. The maximum Gasteiger partial charge on any atom is 0.157 e. The van der Waals surface area contributed by atoms with E-state index in [4.69, 9.17) is 16.6 Å². The van der Waals surface area contributed by atoms with E-state index in [1.54, 1.807) is 11.8 Å². The van der Waals surface area contributed by atoms with Crippen LogP contribution in [0.3, 0.4) is 0 Å². The third kappa shape index (κ3) is 4.30. The Hall–Kier alpha value is -1.45. The number of hydrogen-bond donors (Lipinski definition) is 1. The van der Waals surface area contributed by atoms with Gasteiger partial charge in [0.25, 0.3) is 0 Å². The highest BCUT2D eigenvalue weighted by atomic mass is 35.5. The van der Waals surface area contributed by atoms with Gasteiger partial charge < -0.3 is 5.32 Å². The van der Waals surface area contributed by atoms with E-state index >= 15 is 0 Å². The van der Waals surface area contributed by atoms with Crippen molar-refractivity contribution in [3.63, 3.8) is 0 Å². The van der Waals surface area contributed by atoms with Crippen molar-refractivity contribution in [1.29, 1.82) is 0 Å². The van der Waals surface area contributed by atoms with Crippen LogP contribution in [0.2, 0.25) is 5.02 Å². The van der Waals surface area contributed by atoms with Gasteiger partial charge in [-0.15, -0.1) is 0 Å². The Balaban J connectivity index is 1.87. The number of halogens is 1. The van der Waals surface area contributed by atoms with Gasteiger partial charge in [-0.05, 0) is 23.3 Å². The van der Waals surface area contributed by atoms with Gasteiger partial charge >= 0.3 is 0 Å². The minimum Gasteiger partial charge on any atom is -0.364 e. The van der Waals surface area contributed by atoms with Crippen LogP contribution in [0.4, 0.5) is 0 Å². The standard InChI is InChI=1S/C19H21ClN2S/c1-19(2)12-21-18(22-13-19)23-17(14-6-4-3-5-7-14)15-8-10-16(20)11-9-15/h3-11,17H,12-13H2,1-2H3,(H,21,22)/t17-/m0/s1.